The fourth-order valence-electron chi connectivity index (χ4n) is 1.04. The number of aliphatic hydroxyl groups excluding tert-OH is 2. The molecule has 4 heteroatoms. The van der Waals surface area contributed by atoms with Crippen molar-refractivity contribution in [1.82, 2.24) is 4.98 Å². The third-order valence-electron chi connectivity index (χ3n) is 1.80. The molecule has 1 aromatic rings. The van der Waals surface area contributed by atoms with Crippen LogP contribution in [0.5, 0.6) is 0 Å². The van der Waals surface area contributed by atoms with E-state index < -0.39 is 6.29 Å². The van der Waals surface area contributed by atoms with Gasteiger partial charge in [-0.1, -0.05) is 6.07 Å². The van der Waals surface area contributed by atoms with E-state index in [1.54, 1.807) is 24.4 Å². The maximum Gasteiger partial charge on any atom is 0.174 e. The van der Waals surface area contributed by atoms with E-state index in [1.165, 1.54) is 6.08 Å². The lowest BCUT2D eigenvalue weighted by Crippen LogP contribution is -2.07. The lowest BCUT2D eigenvalue weighted by atomic mass is 10.2. The molecular formula is C11H15NO3. The van der Waals surface area contributed by atoms with Crippen LogP contribution in [-0.4, -0.2) is 28.1 Å². The molecule has 0 radical (unpaired) electrons. The molecule has 0 saturated heterocycles. The molecule has 0 saturated carbocycles. The standard InChI is InChI=1S/C11H15NO3/c1-2-15-11(14)6-5-10-4-3-9(8-13)7-12-10/h3-7,11,13-14H,2,8H2,1H3/b6-5+. The lowest BCUT2D eigenvalue weighted by Gasteiger charge is -2.03. The van der Waals surface area contributed by atoms with Crippen molar-refractivity contribution in [2.45, 2.75) is 19.8 Å². The topological polar surface area (TPSA) is 62.6 Å². The van der Waals surface area contributed by atoms with Gasteiger partial charge in [-0.05, 0) is 30.7 Å². The van der Waals surface area contributed by atoms with Crippen molar-refractivity contribution in [2.24, 2.45) is 0 Å². The summed E-state index contributed by atoms with van der Waals surface area (Å²) in [4.78, 5) is 4.07. The number of ether oxygens (including phenoxy) is 1. The summed E-state index contributed by atoms with van der Waals surface area (Å²) in [5, 5.41) is 18.0. The van der Waals surface area contributed by atoms with Crippen molar-refractivity contribution in [2.75, 3.05) is 6.61 Å². The van der Waals surface area contributed by atoms with Crippen LogP contribution in [0.15, 0.2) is 24.4 Å². The minimum absolute atomic E-state index is 0.0153. The molecule has 0 aromatic carbocycles. The van der Waals surface area contributed by atoms with Crippen LogP contribution in [0.1, 0.15) is 18.2 Å². The van der Waals surface area contributed by atoms with Gasteiger partial charge in [-0.15, -0.1) is 0 Å². The number of pyridine rings is 1. The number of aliphatic hydroxyl groups is 2. The number of rotatable bonds is 5. The number of hydrogen-bond acceptors (Lipinski definition) is 4. The monoisotopic (exact) mass is 209 g/mol. The Kier molecular flexibility index (Phi) is 4.97. The zero-order valence-corrected chi connectivity index (χ0v) is 8.63. The predicted octanol–water partition coefficient (Wildman–Crippen LogP) is 0.942. The second-order valence-corrected chi connectivity index (χ2v) is 2.95. The number of nitrogens with zero attached hydrogens (tertiary/aromatic N) is 1. The molecule has 0 bridgehead atoms. The molecule has 15 heavy (non-hydrogen) atoms. The zero-order valence-electron chi connectivity index (χ0n) is 8.63. The summed E-state index contributed by atoms with van der Waals surface area (Å²) < 4.78 is 4.91. The van der Waals surface area contributed by atoms with Gasteiger partial charge in [-0.2, -0.15) is 0 Å². The van der Waals surface area contributed by atoms with E-state index in [9.17, 15) is 5.11 Å². The minimum atomic E-state index is -0.894. The Labute approximate surface area is 88.9 Å². The van der Waals surface area contributed by atoms with Gasteiger partial charge < -0.3 is 14.9 Å². The average Bonchev–Trinajstić information content (AvgIpc) is 2.27. The minimum Gasteiger partial charge on any atom is -0.392 e. The first kappa shape index (κ1) is 11.8. The maximum atomic E-state index is 9.23. The predicted molar refractivity (Wildman–Crippen MR) is 56.8 cm³/mol. The summed E-state index contributed by atoms with van der Waals surface area (Å²) in [6.45, 7) is 2.26. The zero-order chi connectivity index (χ0) is 11.1. The first-order valence-corrected chi connectivity index (χ1v) is 4.80. The van der Waals surface area contributed by atoms with Gasteiger partial charge in [0.1, 0.15) is 0 Å². The van der Waals surface area contributed by atoms with Crippen LogP contribution in [0, 0.1) is 0 Å². The molecule has 4 nitrogen and oxygen atoms in total. The Bertz CT molecular complexity index is 308. The molecule has 0 aliphatic heterocycles. The second kappa shape index (κ2) is 6.29. The summed E-state index contributed by atoms with van der Waals surface area (Å²) in [6, 6.07) is 3.54. The molecule has 0 spiro atoms. The van der Waals surface area contributed by atoms with Gasteiger partial charge in [0.15, 0.2) is 6.29 Å². The molecule has 82 valence electrons. The summed E-state index contributed by atoms with van der Waals surface area (Å²) in [6.07, 6.45) is 3.88. The molecule has 1 unspecified atom stereocenters. The highest BCUT2D eigenvalue weighted by atomic mass is 16.6. The molecule has 0 amide bonds. The fourth-order valence-corrected chi connectivity index (χ4v) is 1.04. The van der Waals surface area contributed by atoms with Crippen molar-refractivity contribution in [1.29, 1.82) is 0 Å². The molecule has 1 aromatic heterocycles. The summed E-state index contributed by atoms with van der Waals surface area (Å²) in [5.41, 5.74) is 1.48. The summed E-state index contributed by atoms with van der Waals surface area (Å²) in [5.74, 6) is 0. The maximum absolute atomic E-state index is 9.23. The van der Waals surface area contributed by atoms with Gasteiger partial charge in [-0.3, -0.25) is 4.98 Å². The first-order chi connectivity index (χ1) is 7.26. The molecular weight excluding hydrogens is 194 g/mol. The van der Waals surface area contributed by atoms with Crippen LogP contribution in [0.3, 0.4) is 0 Å². The quantitative estimate of drug-likeness (QED) is 0.708. The Hall–Kier alpha value is -1.23. The van der Waals surface area contributed by atoms with Crippen molar-refractivity contribution < 1.29 is 14.9 Å². The molecule has 0 fully saturated rings. The fraction of sp³-hybridized carbons (Fsp3) is 0.364. The lowest BCUT2D eigenvalue weighted by molar-refractivity contribution is -0.0581. The average molecular weight is 209 g/mol. The number of aromatic nitrogens is 1. The number of hydrogen-bond donors (Lipinski definition) is 2. The highest BCUT2D eigenvalue weighted by molar-refractivity contribution is 5.44. The van der Waals surface area contributed by atoms with Crippen molar-refractivity contribution in [3.05, 3.63) is 35.7 Å². The van der Waals surface area contributed by atoms with E-state index in [1.807, 2.05) is 6.92 Å². The SMILES string of the molecule is CCOC(O)/C=C/c1ccc(CO)cn1. The second-order valence-electron chi connectivity index (χ2n) is 2.95. The van der Waals surface area contributed by atoms with E-state index in [0.29, 0.717) is 12.3 Å². The highest BCUT2D eigenvalue weighted by Gasteiger charge is 1.96. The molecule has 1 rings (SSSR count). The van der Waals surface area contributed by atoms with Crippen LogP contribution in [0.25, 0.3) is 6.08 Å². The van der Waals surface area contributed by atoms with E-state index in [2.05, 4.69) is 4.98 Å². The Balaban J connectivity index is 2.56. The van der Waals surface area contributed by atoms with E-state index >= 15 is 0 Å². The van der Waals surface area contributed by atoms with Crippen molar-refractivity contribution in [3.63, 3.8) is 0 Å². The first-order valence-electron chi connectivity index (χ1n) is 4.80. The Morgan fingerprint density at radius 1 is 1.53 bits per heavy atom. The van der Waals surface area contributed by atoms with Crippen LogP contribution in [-0.2, 0) is 11.3 Å². The Morgan fingerprint density at radius 3 is 2.87 bits per heavy atom. The normalized spacial score (nSPS) is 13.3. The molecule has 0 aliphatic carbocycles. The van der Waals surface area contributed by atoms with Gasteiger partial charge in [0, 0.05) is 12.8 Å². The Morgan fingerprint density at radius 2 is 2.33 bits per heavy atom. The van der Waals surface area contributed by atoms with Gasteiger partial charge in [-0.25, -0.2) is 0 Å². The third kappa shape index (κ3) is 4.20. The van der Waals surface area contributed by atoms with Crippen LogP contribution < -0.4 is 0 Å². The molecule has 1 atom stereocenters. The van der Waals surface area contributed by atoms with Crippen molar-refractivity contribution >= 4 is 6.08 Å². The third-order valence-corrected chi connectivity index (χ3v) is 1.80. The molecule has 1 heterocycles. The summed E-state index contributed by atoms with van der Waals surface area (Å²) >= 11 is 0. The molecule has 2 N–H and O–H groups in total. The molecule has 0 aliphatic rings. The van der Waals surface area contributed by atoms with Crippen molar-refractivity contribution in [3.8, 4) is 0 Å². The van der Waals surface area contributed by atoms with Crippen LogP contribution >= 0.6 is 0 Å². The van der Waals surface area contributed by atoms with E-state index in [0.717, 1.165) is 5.56 Å². The van der Waals surface area contributed by atoms with Gasteiger partial charge in [0.2, 0.25) is 0 Å². The van der Waals surface area contributed by atoms with Gasteiger partial charge in [0.05, 0.1) is 12.3 Å². The van der Waals surface area contributed by atoms with Crippen LogP contribution in [0.2, 0.25) is 0 Å². The van der Waals surface area contributed by atoms with Gasteiger partial charge in [0.25, 0.3) is 0 Å². The summed E-state index contributed by atoms with van der Waals surface area (Å²) in [7, 11) is 0. The van der Waals surface area contributed by atoms with E-state index in [4.69, 9.17) is 9.84 Å². The van der Waals surface area contributed by atoms with Gasteiger partial charge >= 0.3 is 0 Å². The largest absolute Gasteiger partial charge is 0.392 e. The van der Waals surface area contributed by atoms with Crippen LogP contribution in [0.4, 0.5) is 0 Å². The smallest absolute Gasteiger partial charge is 0.174 e. The highest BCUT2D eigenvalue weighted by Crippen LogP contribution is 2.03. The van der Waals surface area contributed by atoms with E-state index in [-0.39, 0.29) is 6.61 Å².